The molecule has 0 bridgehead atoms. The van der Waals surface area contributed by atoms with Crippen LogP contribution >= 0.6 is 0 Å². The zero-order chi connectivity index (χ0) is 10.4. The summed E-state index contributed by atoms with van der Waals surface area (Å²) in [5.74, 6) is -0.170. The lowest BCUT2D eigenvalue weighted by Crippen LogP contribution is -2.34. The van der Waals surface area contributed by atoms with Crippen molar-refractivity contribution in [1.82, 2.24) is 10.6 Å². The van der Waals surface area contributed by atoms with Gasteiger partial charge in [-0.3, -0.25) is 4.79 Å². The van der Waals surface area contributed by atoms with Crippen LogP contribution in [0.1, 0.15) is 32.6 Å². The number of amides is 1. The van der Waals surface area contributed by atoms with E-state index in [0.717, 1.165) is 13.0 Å². The number of carbonyl (C=O) groups is 1. The molecule has 1 heterocycles. The van der Waals surface area contributed by atoms with Crippen molar-refractivity contribution < 1.29 is 9.18 Å². The molecule has 0 aromatic heterocycles. The molecule has 1 fully saturated rings. The van der Waals surface area contributed by atoms with Crippen LogP contribution in [0.5, 0.6) is 0 Å². The van der Waals surface area contributed by atoms with Crippen molar-refractivity contribution in [3.05, 3.63) is 0 Å². The maximum absolute atomic E-state index is 14.1. The minimum atomic E-state index is -1.29. The molecule has 3 nitrogen and oxygen atoms in total. The number of alkyl halides is 1. The number of nitrogens with one attached hydrogen (secondary N) is 2. The van der Waals surface area contributed by atoms with Crippen molar-refractivity contribution in [1.29, 1.82) is 0 Å². The van der Waals surface area contributed by atoms with Crippen molar-refractivity contribution in [3.63, 3.8) is 0 Å². The molecule has 82 valence electrons. The highest BCUT2D eigenvalue weighted by Crippen LogP contribution is 2.27. The Hall–Kier alpha value is -0.640. The molecule has 0 spiro atoms. The highest BCUT2D eigenvalue weighted by Gasteiger charge is 2.32. The highest BCUT2D eigenvalue weighted by molar-refractivity contribution is 5.76. The van der Waals surface area contributed by atoms with Crippen molar-refractivity contribution in [2.45, 2.75) is 38.3 Å². The summed E-state index contributed by atoms with van der Waals surface area (Å²) in [6.07, 6.45) is 1.78. The van der Waals surface area contributed by atoms with Crippen molar-refractivity contribution >= 4 is 5.91 Å². The molecule has 1 aliphatic heterocycles. The van der Waals surface area contributed by atoms with Gasteiger partial charge in [0.25, 0.3) is 0 Å². The smallest absolute Gasteiger partial charge is 0.223 e. The Morgan fingerprint density at radius 2 is 2.29 bits per heavy atom. The fraction of sp³-hybridized carbons (Fsp3) is 0.900. The van der Waals surface area contributed by atoms with E-state index in [4.69, 9.17) is 0 Å². The molecule has 1 saturated heterocycles. The first kappa shape index (κ1) is 11.4. The minimum absolute atomic E-state index is 0.0164. The van der Waals surface area contributed by atoms with Crippen LogP contribution in [0, 0.1) is 0 Å². The van der Waals surface area contributed by atoms with E-state index in [0.29, 0.717) is 25.9 Å². The first-order valence-electron chi connectivity index (χ1n) is 5.33. The number of hydrogen-bond acceptors (Lipinski definition) is 2. The van der Waals surface area contributed by atoms with Crippen LogP contribution in [0.25, 0.3) is 0 Å². The Balaban J connectivity index is 2.41. The van der Waals surface area contributed by atoms with E-state index in [9.17, 15) is 9.18 Å². The van der Waals surface area contributed by atoms with Crippen molar-refractivity contribution in [3.8, 4) is 0 Å². The van der Waals surface area contributed by atoms with Crippen LogP contribution in [0.4, 0.5) is 4.39 Å². The summed E-state index contributed by atoms with van der Waals surface area (Å²) in [6, 6.07) is 0. The van der Waals surface area contributed by atoms with Gasteiger partial charge in [0.05, 0.1) is 6.42 Å². The highest BCUT2D eigenvalue weighted by atomic mass is 19.1. The molecule has 14 heavy (non-hydrogen) atoms. The Morgan fingerprint density at radius 1 is 1.50 bits per heavy atom. The topological polar surface area (TPSA) is 41.1 Å². The van der Waals surface area contributed by atoms with Gasteiger partial charge in [0.2, 0.25) is 5.91 Å². The third-order valence-corrected chi connectivity index (χ3v) is 2.58. The number of rotatable bonds is 3. The van der Waals surface area contributed by atoms with E-state index in [1.54, 1.807) is 0 Å². The Bertz CT molecular complexity index is 189. The van der Waals surface area contributed by atoms with Gasteiger partial charge >= 0.3 is 0 Å². The number of halogens is 1. The third kappa shape index (κ3) is 3.62. The average molecular weight is 202 g/mol. The molecule has 1 aliphatic rings. The third-order valence-electron chi connectivity index (χ3n) is 2.58. The Labute approximate surface area is 84.4 Å². The van der Waals surface area contributed by atoms with Gasteiger partial charge < -0.3 is 10.6 Å². The maximum atomic E-state index is 14.1. The van der Waals surface area contributed by atoms with Gasteiger partial charge in [-0.05, 0) is 39.3 Å². The van der Waals surface area contributed by atoms with Crippen molar-refractivity contribution in [2.24, 2.45) is 0 Å². The number of carbonyl (C=O) groups excluding carboxylic acids is 1. The van der Waals surface area contributed by atoms with Gasteiger partial charge in [0.1, 0.15) is 5.67 Å². The molecule has 0 radical (unpaired) electrons. The van der Waals surface area contributed by atoms with E-state index in [-0.39, 0.29) is 12.3 Å². The summed E-state index contributed by atoms with van der Waals surface area (Å²) >= 11 is 0. The van der Waals surface area contributed by atoms with E-state index in [1.165, 1.54) is 0 Å². The molecular weight excluding hydrogens is 183 g/mol. The van der Waals surface area contributed by atoms with Crippen LogP contribution in [0.15, 0.2) is 0 Å². The lowest BCUT2D eigenvalue weighted by molar-refractivity contribution is -0.124. The van der Waals surface area contributed by atoms with Gasteiger partial charge in [-0.1, -0.05) is 0 Å². The first-order chi connectivity index (χ1) is 6.66. The summed E-state index contributed by atoms with van der Waals surface area (Å²) in [7, 11) is 0. The van der Waals surface area contributed by atoms with E-state index in [2.05, 4.69) is 10.6 Å². The van der Waals surface area contributed by atoms with Gasteiger partial charge in [0, 0.05) is 6.54 Å². The molecular formula is C10H19FN2O. The van der Waals surface area contributed by atoms with Crippen LogP contribution in [0.2, 0.25) is 0 Å². The van der Waals surface area contributed by atoms with Crippen LogP contribution < -0.4 is 10.6 Å². The van der Waals surface area contributed by atoms with Crippen LogP contribution in [-0.4, -0.2) is 31.2 Å². The Kier molecular flexibility index (Phi) is 4.32. The second-order valence-corrected chi connectivity index (χ2v) is 3.88. The van der Waals surface area contributed by atoms with Gasteiger partial charge in [-0.2, -0.15) is 0 Å². The quantitative estimate of drug-likeness (QED) is 0.716. The molecule has 1 amide bonds. The van der Waals surface area contributed by atoms with E-state index < -0.39 is 5.67 Å². The molecule has 1 atom stereocenters. The maximum Gasteiger partial charge on any atom is 0.223 e. The van der Waals surface area contributed by atoms with Crippen LogP contribution in [-0.2, 0) is 4.79 Å². The molecule has 2 N–H and O–H groups in total. The monoisotopic (exact) mass is 202 g/mol. The van der Waals surface area contributed by atoms with Gasteiger partial charge in [0.15, 0.2) is 0 Å². The summed E-state index contributed by atoms with van der Waals surface area (Å²) in [4.78, 5) is 11.3. The minimum Gasteiger partial charge on any atom is -0.356 e. The fourth-order valence-electron chi connectivity index (χ4n) is 1.82. The zero-order valence-electron chi connectivity index (χ0n) is 8.74. The first-order valence-corrected chi connectivity index (χ1v) is 5.33. The van der Waals surface area contributed by atoms with Gasteiger partial charge in [-0.15, -0.1) is 0 Å². The summed E-state index contributed by atoms with van der Waals surface area (Å²) < 4.78 is 14.1. The summed E-state index contributed by atoms with van der Waals surface area (Å²) in [5.41, 5.74) is -1.29. The average Bonchev–Trinajstić information content (AvgIpc) is 2.30. The molecule has 0 saturated carbocycles. The molecule has 1 unspecified atom stereocenters. The molecule has 1 rings (SSSR count). The molecule has 0 aromatic rings. The van der Waals surface area contributed by atoms with Crippen LogP contribution in [0.3, 0.4) is 0 Å². The standard InChI is InChI=1S/C10H19FN2O/c1-2-13-9(14)8-10(11)4-3-6-12-7-5-10/h12H,2-8H2,1H3,(H,13,14). The second kappa shape index (κ2) is 5.29. The number of hydrogen-bond donors (Lipinski definition) is 2. The normalized spacial score (nSPS) is 28.1. The fourth-order valence-corrected chi connectivity index (χ4v) is 1.82. The summed E-state index contributed by atoms with van der Waals surface area (Å²) in [5, 5.41) is 5.78. The van der Waals surface area contributed by atoms with Crippen molar-refractivity contribution in [2.75, 3.05) is 19.6 Å². The van der Waals surface area contributed by atoms with Gasteiger partial charge in [-0.25, -0.2) is 4.39 Å². The lowest BCUT2D eigenvalue weighted by atomic mass is 9.93. The predicted octanol–water partition coefficient (Wildman–Crippen LogP) is 0.994. The van der Waals surface area contributed by atoms with E-state index >= 15 is 0 Å². The predicted molar refractivity (Wildman–Crippen MR) is 53.9 cm³/mol. The molecule has 0 aromatic carbocycles. The SMILES string of the molecule is CCNC(=O)CC1(F)CCCNCC1. The molecule has 0 aliphatic carbocycles. The largest absolute Gasteiger partial charge is 0.356 e. The molecule has 4 heteroatoms. The van der Waals surface area contributed by atoms with E-state index in [1.807, 2.05) is 6.92 Å². The zero-order valence-corrected chi connectivity index (χ0v) is 8.74. The lowest BCUT2D eigenvalue weighted by Gasteiger charge is -2.22. The summed E-state index contributed by atoms with van der Waals surface area (Å²) in [6.45, 7) is 3.96. The Morgan fingerprint density at radius 3 is 3.00 bits per heavy atom. The second-order valence-electron chi connectivity index (χ2n) is 3.88.